The predicted octanol–water partition coefficient (Wildman–Crippen LogP) is 1.32. The summed E-state index contributed by atoms with van der Waals surface area (Å²) < 4.78 is 10.4. The van der Waals surface area contributed by atoms with Crippen LogP contribution in [0.4, 0.5) is 10.5 Å². The minimum absolute atomic E-state index is 0.248. The second kappa shape index (κ2) is 6.58. The molecule has 1 saturated heterocycles. The number of hydrogen-bond acceptors (Lipinski definition) is 4. The summed E-state index contributed by atoms with van der Waals surface area (Å²) in [6.45, 7) is 1.66. The van der Waals surface area contributed by atoms with Gasteiger partial charge in [-0.2, -0.15) is 0 Å². The number of carbonyl (C=O) groups excluding carboxylic acids is 1. The van der Waals surface area contributed by atoms with E-state index in [-0.39, 0.29) is 11.6 Å². The number of nitrogens with one attached hydrogen (secondary N) is 2. The van der Waals surface area contributed by atoms with E-state index in [4.69, 9.17) is 15.2 Å². The molecule has 6 heteroatoms. The third-order valence-electron chi connectivity index (χ3n) is 3.57. The van der Waals surface area contributed by atoms with Crippen molar-refractivity contribution in [3.8, 4) is 5.75 Å². The van der Waals surface area contributed by atoms with Crippen LogP contribution in [0.25, 0.3) is 0 Å². The van der Waals surface area contributed by atoms with Gasteiger partial charge in [-0.05, 0) is 37.1 Å². The molecule has 2 rings (SSSR count). The fraction of sp³-hybridized carbons (Fsp3) is 0.500. The van der Waals surface area contributed by atoms with Gasteiger partial charge in [0.1, 0.15) is 5.75 Å². The van der Waals surface area contributed by atoms with Crippen molar-refractivity contribution >= 4 is 11.7 Å². The minimum atomic E-state index is -0.366. The summed E-state index contributed by atoms with van der Waals surface area (Å²) in [6.07, 6.45) is 1.47. The molecule has 1 heterocycles. The van der Waals surface area contributed by atoms with Crippen LogP contribution >= 0.6 is 0 Å². The molecule has 0 unspecified atom stereocenters. The van der Waals surface area contributed by atoms with E-state index in [0.717, 1.165) is 18.6 Å². The molecule has 1 fully saturated rings. The lowest BCUT2D eigenvalue weighted by Gasteiger charge is -2.36. The van der Waals surface area contributed by atoms with E-state index in [0.29, 0.717) is 25.4 Å². The molecule has 0 radical (unpaired) electrons. The van der Waals surface area contributed by atoms with Crippen LogP contribution in [-0.4, -0.2) is 38.4 Å². The van der Waals surface area contributed by atoms with E-state index in [9.17, 15) is 4.79 Å². The third kappa shape index (κ3) is 3.61. The largest absolute Gasteiger partial charge is 0.497 e. The molecule has 1 aliphatic heterocycles. The van der Waals surface area contributed by atoms with Gasteiger partial charge in [0.2, 0.25) is 0 Å². The first kappa shape index (κ1) is 14.6. The summed E-state index contributed by atoms with van der Waals surface area (Å²) in [6, 6.07) is 6.92. The molecular formula is C14H21N3O3. The maximum absolute atomic E-state index is 12.0. The van der Waals surface area contributed by atoms with Crippen LogP contribution in [0.1, 0.15) is 12.8 Å². The Morgan fingerprint density at radius 2 is 2.00 bits per heavy atom. The lowest BCUT2D eigenvalue weighted by Crippen LogP contribution is -2.57. The van der Waals surface area contributed by atoms with Crippen LogP contribution in [-0.2, 0) is 4.74 Å². The number of anilines is 1. The van der Waals surface area contributed by atoms with Gasteiger partial charge in [-0.25, -0.2) is 4.79 Å². The zero-order valence-corrected chi connectivity index (χ0v) is 11.6. The van der Waals surface area contributed by atoms with Crippen LogP contribution < -0.4 is 21.1 Å². The molecule has 1 aromatic rings. The van der Waals surface area contributed by atoms with Gasteiger partial charge in [0.05, 0.1) is 12.6 Å². The highest BCUT2D eigenvalue weighted by Crippen LogP contribution is 2.20. The topological polar surface area (TPSA) is 85.6 Å². The normalized spacial score (nSPS) is 17.3. The number of nitrogens with two attached hydrogens (primary N) is 1. The monoisotopic (exact) mass is 279 g/mol. The Balaban J connectivity index is 1.93. The molecule has 0 spiro atoms. The van der Waals surface area contributed by atoms with Crippen LogP contribution in [0, 0.1) is 0 Å². The molecule has 110 valence electrons. The number of hydrogen-bond donors (Lipinski definition) is 3. The summed E-state index contributed by atoms with van der Waals surface area (Å²) in [4.78, 5) is 12.0. The standard InChI is InChI=1S/C14H21N3O3/c1-19-12-4-2-11(3-5-12)16-13(18)17-14(10-15)6-8-20-9-7-14/h2-5H,6-10,15H2,1H3,(H2,16,17,18). The van der Waals surface area contributed by atoms with Crippen molar-refractivity contribution in [2.75, 3.05) is 32.2 Å². The van der Waals surface area contributed by atoms with E-state index in [1.807, 2.05) is 0 Å². The number of carbonyl (C=O) groups is 1. The summed E-state index contributed by atoms with van der Waals surface area (Å²) >= 11 is 0. The zero-order valence-electron chi connectivity index (χ0n) is 11.6. The summed E-state index contributed by atoms with van der Waals surface area (Å²) in [5, 5.41) is 5.77. The molecule has 0 saturated carbocycles. The van der Waals surface area contributed by atoms with Crippen molar-refractivity contribution in [2.24, 2.45) is 5.73 Å². The summed E-state index contributed by atoms with van der Waals surface area (Å²) in [7, 11) is 1.60. The molecule has 2 amide bonds. The van der Waals surface area contributed by atoms with Gasteiger partial charge in [0.25, 0.3) is 0 Å². The van der Waals surface area contributed by atoms with Crippen LogP contribution in [0.5, 0.6) is 5.75 Å². The van der Waals surface area contributed by atoms with Crippen molar-refractivity contribution in [3.63, 3.8) is 0 Å². The van der Waals surface area contributed by atoms with Crippen molar-refractivity contribution < 1.29 is 14.3 Å². The third-order valence-corrected chi connectivity index (χ3v) is 3.57. The van der Waals surface area contributed by atoms with Gasteiger partial charge in [-0.1, -0.05) is 0 Å². The van der Waals surface area contributed by atoms with Crippen LogP contribution in [0.15, 0.2) is 24.3 Å². The predicted molar refractivity (Wildman–Crippen MR) is 77.0 cm³/mol. The SMILES string of the molecule is COc1ccc(NC(=O)NC2(CN)CCOCC2)cc1. The first-order chi connectivity index (χ1) is 9.67. The Kier molecular flexibility index (Phi) is 4.81. The Labute approximate surface area is 118 Å². The first-order valence-electron chi connectivity index (χ1n) is 6.68. The second-order valence-corrected chi connectivity index (χ2v) is 4.90. The van der Waals surface area contributed by atoms with Crippen LogP contribution in [0.3, 0.4) is 0 Å². The van der Waals surface area contributed by atoms with E-state index in [2.05, 4.69) is 10.6 Å². The Hall–Kier alpha value is -1.79. The van der Waals surface area contributed by atoms with Gasteiger partial charge in [0.15, 0.2) is 0 Å². The quantitative estimate of drug-likeness (QED) is 0.776. The minimum Gasteiger partial charge on any atom is -0.497 e. The average Bonchev–Trinajstić information content (AvgIpc) is 2.49. The zero-order chi connectivity index (χ0) is 14.4. The molecule has 6 nitrogen and oxygen atoms in total. The van der Waals surface area contributed by atoms with Crippen molar-refractivity contribution in [1.29, 1.82) is 0 Å². The van der Waals surface area contributed by atoms with Crippen molar-refractivity contribution in [1.82, 2.24) is 5.32 Å². The summed E-state index contributed by atoms with van der Waals surface area (Å²) in [5.41, 5.74) is 6.15. The van der Waals surface area contributed by atoms with Gasteiger partial charge >= 0.3 is 6.03 Å². The molecule has 20 heavy (non-hydrogen) atoms. The van der Waals surface area contributed by atoms with Crippen molar-refractivity contribution in [2.45, 2.75) is 18.4 Å². The number of urea groups is 1. The lowest BCUT2D eigenvalue weighted by atomic mass is 9.90. The number of ether oxygens (including phenoxy) is 2. The van der Waals surface area contributed by atoms with Gasteiger partial charge in [0, 0.05) is 25.4 Å². The molecule has 0 atom stereocenters. The smallest absolute Gasteiger partial charge is 0.319 e. The number of methoxy groups -OCH3 is 1. The number of rotatable bonds is 4. The molecule has 0 aromatic heterocycles. The van der Waals surface area contributed by atoms with E-state index in [1.54, 1.807) is 31.4 Å². The Morgan fingerprint density at radius 3 is 2.55 bits per heavy atom. The van der Waals surface area contributed by atoms with Gasteiger partial charge < -0.3 is 25.8 Å². The average molecular weight is 279 g/mol. The number of benzene rings is 1. The molecular weight excluding hydrogens is 258 g/mol. The van der Waals surface area contributed by atoms with E-state index < -0.39 is 0 Å². The first-order valence-corrected chi connectivity index (χ1v) is 6.68. The summed E-state index contributed by atoms with van der Waals surface area (Å²) in [5.74, 6) is 0.749. The fourth-order valence-corrected chi connectivity index (χ4v) is 2.22. The number of amides is 2. The van der Waals surface area contributed by atoms with E-state index >= 15 is 0 Å². The highest BCUT2D eigenvalue weighted by Gasteiger charge is 2.32. The highest BCUT2D eigenvalue weighted by molar-refractivity contribution is 5.89. The highest BCUT2D eigenvalue weighted by atomic mass is 16.5. The fourth-order valence-electron chi connectivity index (χ4n) is 2.22. The maximum Gasteiger partial charge on any atom is 0.319 e. The Bertz CT molecular complexity index is 441. The molecule has 0 aliphatic carbocycles. The van der Waals surface area contributed by atoms with Gasteiger partial charge in [-0.3, -0.25) is 0 Å². The molecule has 0 bridgehead atoms. The molecule has 4 N–H and O–H groups in total. The van der Waals surface area contributed by atoms with Crippen LogP contribution in [0.2, 0.25) is 0 Å². The lowest BCUT2D eigenvalue weighted by molar-refractivity contribution is 0.0463. The molecule has 1 aromatic carbocycles. The van der Waals surface area contributed by atoms with Gasteiger partial charge in [-0.15, -0.1) is 0 Å². The Morgan fingerprint density at radius 1 is 1.35 bits per heavy atom. The van der Waals surface area contributed by atoms with Crippen molar-refractivity contribution in [3.05, 3.63) is 24.3 Å². The second-order valence-electron chi connectivity index (χ2n) is 4.90. The molecule has 1 aliphatic rings. The van der Waals surface area contributed by atoms with E-state index in [1.165, 1.54) is 0 Å². The maximum atomic E-state index is 12.0.